The van der Waals surface area contributed by atoms with E-state index in [1.807, 2.05) is 29.6 Å². The van der Waals surface area contributed by atoms with Gasteiger partial charge in [0.1, 0.15) is 5.38 Å². The highest BCUT2D eigenvalue weighted by molar-refractivity contribution is 7.14. The molecule has 22 heavy (non-hydrogen) atoms. The summed E-state index contributed by atoms with van der Waals surface area (Å²) in [5.74, 6) is -0.328. The number of hydrogen-bond acceptors (Lipinski definition) is 4. The van der Waals surface area contributed by atoms with Gasteiger partial charge in [0.15, 0.2) is 5.13 Å². The molecule has 5 nitrogen and oxygen atoms in total. The first-order valence-corrected chi connectivity index (χ1v) is 8.01. The highest BCUT2D eigenvalue weighted by atomic mass is 35.5. The monoisotopic (exact) mass is 337 g/mol. The summed E-state index contributed by atoms with van der Waals surface area (Å²) >= 11 is 7.06. The number of amides is 2. The zero-order valence-electron chi connectivity index (χ0n) is 12.2. The molecule has 0 saturated carbocycles. The molecule has 0 radical (unpaired) electrons. The van der Waals surface area contributed by atoms with Crippen molar-refractivity contribution in [1.29, 1.82) is 0 Å². The quantitative estimate of drug-likeness (QED) is 0.824. The zero-order chi connectivity index (χ0) is 16.1. The van der Waals surface area contributed by atoms with Gasteiger partial charge in [0.2, 0.25) is 11.8 Å². The van der Waals surface area contributed by atoms with Crippen LogP contribution in [0.15, 0.2) is 29.6 Å². The molecule has 0 saturated heterocycles. The van der Waals surface area contributed by atoms with Crippen LogP contribution in [0, 0.1) is 0 Å². The lowest BCUT2D eigenvalue weighted by atomic mass is 10.1. The Bertz CT molecular complexity index is 668. The fourth-order valence-corrected chi connectivity index (χ4v) is 2.47. The molecule has 1 aromatic carbocycles. The Morgan fingerprint density at radius 3 is 2.59 bits per heavy atom. The van der Waals surface area contributed by atoms with Gasteiger partial charge in [-0.25, -0.2) is 4.98 Å². The SMILES string of the molecule is CC(=O)NCc1ccc(-c2csc(NC(=O)C(C)Cl)n2)cc1. The summed E-state index contributed by atoms with van der Waals surface area (Å²) in [7, 11) is 0. The summed E-state index contributed by atoms with van der Waals surface area (Å²) in [5.41, 5.74) is 2.74. The van der Waals surface area contributed by atoms with Crippen molar-refractivity contribution < 1.29 is 9.59 Å². The molecule has 0 bridgehead atoms. The van der Waals surface area contributed by atoms with Gasteiger partial charge >= 0.3 is 0 Å². The van der Waals surface area contributed by atoms with Crippen molar-refractivity contribution in [2.24, 2.45) is 0 Å². The topological polar surface area (TPSA) is 71.1 Å². The molecule has 2 aromatic rings. The van der Waals surface area contributed by atoms with Gasteiger partial charge in [-0.2, -0.15) is 0 Å². The van der Waals surface area contributed by atoms with Crippen molar-refractivity contribution in [3.8, 4) is 11.3 Å². The van der Waals surface area contributed by atoms with Crippen molar-refractivity contribution in [2.75, 3.05) is 5.32 Å². The predicted molar refractivity (Wildman–Crippen MR) is 89.0 cm³/mol. The molecule has 0 aliphatic heterocycles. The van der Waals surface area contributed by atoms with E-state index >= 15 is 0 Å². The summed E-state index contributed by atoms with van der Waals surface area (Å²) in [4.78, 5) is 26.8. The fourth-order valence-electron chi connectivity index (χ4n) is 1.69. The summed E-state index contributed by atoms with van der Waals surface area (Å²) < 4.78 is 0. The number of carbonyl (C=O) groups excluding carboxylic acids is 2. The Labute approximate surface area is 137 Å². The van der Waals surface area contributed by atoms with Gasteiger partial charge in [-0.1, -0.05) is 24.3 Å². The third-order valence-corrected chi connectivity index (χ3v) is 3.84. The van der Waals surface area contributed by atoms with Crippen LogP contribution in [0.3, 0.4) is 0 Å². The largest absolute Gasteiger partial charge is 0.352 e. The Kier molecular flexibility index (Phi) is 5.51. The van der Waals surface area contributed by atoms with Gasteiger partial charge in [-0.15, -0.1) is 22.9 Å². The number of halogens is 1. The lowest BCUT2D eigenvalue weighted by Gasteiger charge is -2.04. The number of thiazole rings is 1. The van der Waals surface area contributed by atoms with E-state index in [0.29, 0.717) is 11.7 Å². The average Bonchev–Trinajstić information content (AvgIpc) is 2.94. The van der Waals surface area contributed by atoms with Gasteiger partial charge in [-0.05, 0) is 12.5 Å². The van der Waals surface area contributed by atoms with Gasteiger partial charge in [0, 0.05) is 24.4 Å². The molecule has 2 N–H and O–H groups in total. The molecule has 1 atom stereocenters. The van der Waals surface area contributed by atoms with Crippen molar-refractivity contribution in [3.63, 3.8) is 0 Å². The van der Waals surface area contributed by atoms with Gasteiger partial charge in [0.25, 0.3) is 0 Å². The zero-order valence-corrected chi connectivity index (χ0v) is 13.8. The molecule has 2 rings (SSSR count). The minimum absolute atomic E-state index is 0.0579. The second-order valence-electron chi connectivity index (χ2n) is 4.75. The van der Waals surface area contributed by atoms with E-state index < -0.39 is 5.38 Å². The second kappa shape index (κ2) is 7.38. The van der Waals surface area contributed by atoms with Crippen LogP contribution < -0.4 is 10.6 Å². The van der Waals surface area contributed by atoms with Gasteiger partial charge < -0.3 is 10.6 Å². The third kappa shape index (κ3) is 4.54. The Balaban J connectivity index is 2.04. The van der Waals surface area contributed by atoms with Crippen LogP contribution in [0.2, 0.25) is 0 Å². The number of alkyl halides is 1. The minimum atomic E-state index is -0.597. The third-order valence-electron chi connectivity index (χ3n) is 2.89. The smallest absolute Gasteiger partial charge is 0.243 e. The Morgan fingerprint density at radius 1 is 1.32 bits per heavy atom. The fraction of sp³-hybridized carbons (Fsp3) is 0.267. The number of nitrogens with one attached hydrogen (secondary N) is 2. The van der Waals surface area contributed by atoms with Crippen LogP contribution in [0.1, 0.15) is 19.4 Å². The molecule has 0 aliphatic rings. The van der Waals surface area contributed by atoms with E-state index in [4.69, 9.17) is 11.6 Å². The summed E-state index contributed by atoms with van der Waals surface area (Å²) in [6.45, 7) is 3.60. The Morgan fingerprint density at radius 2 is 2.00 bits per heavy atom. The highest BCUT2D eigenvalue weighted by Gasteiger charge is 2.12. The number of aromatic nitrogens is 1. The van der Waals surface area contributed by atoms with E-state index in [2.05, 4.69) is 15.6 Å². The number of carbonyl (C=O) groups is 2. The highest BCUT2D eigenvalue weighted by Crippen LogP contribution is 2.25. The molecule has 116 valence electrons. The maximum Gasteiger partial charge on any atom is 0.243 e. The number of rotatable bonds is 5. The summed E-state index contributed by atoms with van der Waals surface area (Å²) in [5, 5.41) is 7.21. The minimum Gasteiger partial charge on any atom is -0.352 e. The van der Waals surface area contributed by atoms with Crippen LogP contribution in [-0.2, 0) is 16.1 Å². The molecule has 2 amide bonds. The van der Waals surface area contributed by atoms with E-state index in [-0.39, 0.29) is 11.8 Å². The molecule has 1 heterocycles. The lowest BCUT2D eigenvalue weighted by molar-refractivity contribution is -0.119. The standard InChI is InChI=1S/C15H16ClN3O2S/c1-9(16)14(21)19-15-18-13(8-22-15)12-5-3-11(4-6-12)7-17-10(2)20/h3-6,8-9H,7H2,1-2H3,(H,17,20)(H,18,19,21). The van der Waals surface area contributed by atoms with Crippen molar-refractivity contribution in [3.05, 3.63) is 35.2 Å². The molecule has 0 aliphatic carbocycles. The normalized spacial score (nSPS) is 11.8. The molecule has 1 unspecified atom stereocenters. The number of nitrogens with zero attached hydrogens (tertiary/aromatic N) is 1. The van der Waals surface area contributed by atoms with Crippen LogP contribution in [0.25, 0.3) is 11.3 Å². The number of benzene rings is 1. The Hall–Kier alpha value is -1.92. The first-order valence-electron chi connectivity index (χ1n) is 6.70. The van der Waals surface area contributed by atoms with E-state index in [1.165, 1.54) is 18.3 Å². The predicted octanol–water partition coefficient (Wildman–Crippen LogP) is 3.01. The van der Waals surface area contributed by atoms with Gasteiger partial charge in [0.05, 0.1) is 5.69 Å². The van der Waals surface area contributed by atoms with Crippen molar-refractivity contribution in [2.45, 2.75) is 25.8 Å². The van der Waals surface area contributed by atoms with E-state index in [0.717, 1.165) is 16.8 Å². The first-order chi connectivity index (χ1) is 10.5. The van der Waals surface area contributed by atoms with Gasteiger partial charge in [-0.3, -0.25) is 9.59 Å². The number of hydrogen-bond donors (Lipinski definition) is 2. The van der Waals surface area contributed by atoms with Crippen molar-refractivity contribution in [1.82, 2.24) is 10.3 Å². The molecular formula is C15H16ClN3O2S. The molecule has 1 aromatic heterocycles. The second-order valence-corrected chi connectivity index (χ2v) is 6.26. The molecule has 0 fully saturated rings. The number of anilines is 1. The van der Waals surface area contributed by atoms with E-state index in [9.17, 15) is 9.59 Å². The summed E-state index contributed by atoms with van der Waals surface area (Å²) in [6, 6.07) is 7.73. The first kappa shape index (κ1) is 16.5. The van der Waals surface area contributed by atoms with Crippen molar-refractivity contribution >= 4 is 39.9 Å². The maximum atomic E-state index is 11.5. The summed E-state index contributed by atoms with van der Waals surface area (Å²) in [6.07, 6.45) is 0. The van der Waals surface area contributed by atoms with Crippen LogP contribution in [0.4, 0.5) is 5.13 Å². The average molecular weight is 338 g/mol. The van der Waals surface area contributed by atoms with Crippen LogP contribution in [0.5, 0.6) is 0 Å². The molecule has 7 heteroatoms. The molecule has 0 spiro atoms. The van der Waals surface area contributed by atoms with E-state index in [1.54, 1.807) is 6.92 Å². The lowest BCUT2D eigenvalue weighted by Crippen LogP contribution is -2.20. The van der Waals surface area contributed by atoms with Crippen LogP contribution >= 0.6 is 22.9 Å². The van der Waals surface area contributed by atoms with Crippen LogP contribution in [-0.4, -0.2) is 22.2 Å². The molecular weight excluding hydrogens is 322 g/mol. The maximum absolute atomic E-state index is 11.5.